The van der Waals surface area contributed by atoms with Crippen molar-refractivity contribution >= 4 is 5.97 Å². The van der Waals surface area contributed by atoms with E-state index in [1.165, 1.54) is 7.11 Å². The molecule has 0 bridgehead atoms. The fraction of sp³-hybridized carbons (Fsp3) is 0.889. The van der Waals surface area contributed by atoms with Crippen molar-refractivity contribution in [2.24, 2.45) is 0 Å². The molecule has 1 N–H and O–H groups in total. The molecule has 0 radical (unpaired) electrons. The van der Waals surface area contributed by atoms with Crippen molar-refractivity contribution in [3.8, 4) is 0 Å². The second kappa shape index (κ2) is 3.64. The third-order valence-electron chi connectivity index (χ3n) is 2.94. The molecule has 2 unspecified atom stereocenters. The minimum Gasteiger partial charge on any atom is -0.468 e. The zero-order valence-corrected chi connectivity index (χ0v) is 8.41. The zero-order chi connectivity index (χ0) is 10.1. The number of ether oxygens (including phenoxy) is 1. The van der Waals surface area contributed by atoms with Gasteiger partial charge in [0.15, 0.2) is 0 Å². The average molecular weight is 187 g/mol. The molecule has 0 spiro atoms. The highest BCUT2D eigenvalue weighted by molar-refractivity contribution is 5.81. The van der Waals surface area contributed by atoms with E-state index < -0.39 is 11.6 Å². The molecule has 4 nitrogen and oxygen atoms in total. The SMILES string of the molecule is CCC1(C(=O)OC)CC(O)CN1C. The van der Waals surface area contributed by atoms with E-state index in [1.807, 2.05) is 18.9 Å². The lowest BCUT2D eigenvalue weighted by atomic mass is 9.92. The zero-order valence-electron chi connectivity index (χ0n) is 8.41. The summed E-state index contributed by atoms with van der Waals surface area (Å²) >= 11 is 0. The fourth-order valence-corrected chi connectivity index (χ4v) is 2.09. The maximum Gasteiger partial charge on any atom is 0.326 e. The summed E-state index contributed by atoms with van der Waals surface area (Å²) in [5, 5.41) is 9.46. The Morgan fingerprint density at radius 3 is 2.69 bits per heavy atom. The van der Waals surface area contributed by atoms with E-state index in [9.17, 15) is 9.90 Å². The predicted octanol–water partition coefficient (Wildman–Crippen LogP) is 0.00460. The summed E-state index contributed by atoms with van der Waals surface area (Å²) in [5.41, 5.74) is -0.603. The van der Waals surface area contributed by atoms with Gasteiger partial charge in [0, 0.05) is 13.0 Å². The first-order chi connectivity index (χ1) is 6.06. The van der Waals surface area contributed by atoms with Crippen LogP contribution in [0.5, 0.6) is 0 Å². The van der Waals surface area contributed by atoms with Gasteiger partial charge < -0.3 is 9.84 Å². The summed E-state index contributed by atoms with van der Waals surface area (Å²) in [6.07, 6.45) is 0.740. The topological polar surface area (TPSA) is 49.8 Å². The molecule has 0 saturated carbocycles. The lowest BCUT2D eigenvalue weighted by molar-refractivity contribution is -0.153. The van der Waals surface area contributed by atoms with Crippen molar-refractivity contribution in [3.05, 3.63) is 0 Å². The standard InChI is InChI=1S/C9H17NO3/c1-4-9(8(12)13-3)5-7(11)6-10(9)2/h7,11H,4-6H2,1-3H3. The third kappa shape index (κ3) is 1.56. The third-order valence-corrected chi connectivity index (χ3v) is 2.94. The molecule has 4 heteroatoms. The van der Waals surface area contributed by atoms with Gasteiger partial charge in [-0.15, -0.1) is 0 Å². The molecule has 13 heavy (non-hydrogen) atoms. The number of aliphatic hydroxyl groups is 1. The smallest absolute Gasteiger partial charge is 0.326 e. The average Bonchev–Trinajstić information content (AvgIpc) is 2.40. The lowest BCUT2D eigenvalue weighted by Gasteiger charge is -2.31. The van der Waals surface area contributed by atoms with Gasteiger partial charge in [-0.1, -0.05) is 6.92 Å². The number of carbonyl (C=O) groups excluding carboxylic acids is 1. The second-order valence-corrected chi connectivity index (χ2v) is 3.62. The van der Waals surface area contributed by atoms with Crippen molar-refractivity contribution in [1.82, 2.24) is 4.90 Å². The van der Waals surface area contributed by atoms with Crippen LogP contribution in [0, 0.1) is 0 Å². The van der Waals surface area contributed by atoms with E-state index in [-0.39, 0.29) is 5.97 Å². The number of rotatable bonds is 2. The molecule has 1 heterocycles. The number of nitrogens with zero attached hydrogens (tertiary/aromatic N) is 1. The van der Waals surface area contributed by atoms with E-state index in [4.69, 9.17) is 4.74 Å². The molecule has 0 aromatic heterocycles. The molecular weight excluding hydrogens is 170 g/mol. The molecule has 1 saturated heterocycles. The Hall–Kier alpha value is -0.610. The Morgan fingerprint density at radius 1 is 1.77 bits per heavy atom. The predicted molar refractivity (Wildman–Crippen MR) is 48.3 cm³/mol. The quantitative estimate of drug-likeness (QED) is 0.618. The van der Waals surface area contributed by atoms with Gasteiger partial charge in [-0.25, -0.2) is 0 Å². The number of hydrogen-bond donors (Lipinski definition) is 1. The van der Waals surface area contributed by atoms with Gasteiger partial charge in [-0.05, 0) is 13.5 Å². The van der Waals surface area contributed by atoms with E-state index in [0.717, 1.165) is 0 Å². The van der Waals surface area contributed by atoms with Gasteiger partial charge in [0.1, 0.15) is 5.54 Å². The number of methoxy groups -OCH3 is 1. The Kier molecular flexibility index (Phi) is 2.93. The monoisotopic (exact) mass is 187 g/mol. The molecule has 76 valence electrons. The van der Waals surface area contributed by atoms with Crippen LogP contribution in [0.3, 0.4) is 0 Å². The molecule has 1 aliphatic rings. The highest BCUT2D eigenvalue weighted by Gasteiger charge is 2.48. The second-order valence-electron chi connectivity index (χ2n) is 3.62. The number of likely N-dealkylation sites (N-methyl/N-ethyl adjacent to an activating group) is 1. The molecule has 0 aromatic rings. The lowest BCUT2D eigenvalue weighted by Crippen LogP contribution is -2.48. The van der Waals surface area contributed by atoms with Gasteiger partial charge >= 0.3 is 5.97 Å². The summed E-state index contributed by atoms with van der Waals surface area (Å²) in [6.45, 7) is 2.48. The van der Waals surface area contributed by atoms with Crippen molar-refractivity contribution in [3.63, 3.8) is 0 Å². The molecule has 0 amide bonds. The van der Waals surface area contributed by atoms with Gasteiger partial charge in [0.2, 0.25) is 0 Å². The van der Waals surface area contributed by atoms with Crippen LogP contribution in [0.15, 0.2) is 0 Å². The minimum absolute atomic E-state index is 0.242. The molecule has 0 aromatic carbocycles. The van der Waals surface area contributed by atoms with Crippen LogP contribution in [0.25, 0.3) is 0 Å². The van der Waals surface area contributed by atoms with Crippen LogP contribution in [0.4, 0.5) is 0 Å². The summed E-state index contributed by atoms with van der Waals surface area (Å²) in [7, 11) is 3.23. The molecular formula is C9H17NO3. The van der Waals surface area contributed by atoms with E-state index in [2.05, 4.69) is 0 Å². The molecule has 1 aliphatic heterocycles. The highest BCUT2D eigenvalue weighted by Crippen LogP contribution is 2.32. The highest BCUT2D eigenvalue weighted by atomic mass is 16.5. The Bertz CT molecular complexity index is 207. The maximum absolute atomic E-state index is 11.5. The van der Waals surface area contributed by atoms with Crippen LogP contribution in [-0.2, 0) is 9.53 Å². The minimum atomic E-state index is -0.603. The summed E-state index contributed by atoms with van der Waals surface area (Å²) < 4.78 is 4.76. The number of carbonyl (C=O) groups is 1. The number of hydrogen-bond acceptors (Lipinski definition) is 4. The largest absolute Gasteiger partial charge is 0.468 e. The first-order valence-electron chi connectivity index (χ1n) is 4.54. The number of esters is 1. The Balaban J connectivity index is 2.86. The van der Waals surface area contributed by atoms with Crippen LogP contribution in [0.2, 0.25) is 0 Å². The maximum atomic E-state index is 11.5. The van der Waals surface area contributed by atoms with E-state index in [1.54, 1.807) is 0 Å². The van der Waals surface area contributed by atoms with Crippen molar-refractivity contribution in [1.29, 1.82) is 0 Å². The first-order valence-corrected chi connectivity index (χ1v) is 4.54. The van der Waals surface area contributed by atoms with Gasteiger partial charge in [0.05, 0.1) is 13.2 Å². The number of aliphatic hydroxyl groups excluding tert-OH is 1. The van der Waals surface area contributed by atoms with E-state index in [0.29, 0.717) is 19.4 Å². The summed E-state index contributed by atoms with van der Waals surface area (Å²) in [5.74, 6) is -0.242. The molecule has 1 fully saturated rings. The van der Waals surface area contributed by atoms with Crippen LogP contribution >= 0.6 is 0 Å². The summed E-state index contributed by atoms with van der Waals surface area (Å²) in [4.78, 5) is 13.4. The van der Waals surface area contributed by atoms with Crippen molar-refractivity contribution in [2.45, 2.75) is 31.4 Å². The van der Waals surface area contributed by atoms with Gasteiger partial charge in [-0.3, -0.25) is 9.69 Å². The van der Waals surface area contributed by atoms with Crippen molar-refractivity contribution < 1.29 is 14.6 Å². The van der Waals surface area contributed by atoms with Crippen LogP contribution < -0.4 is 0 Å². The van der Waals surface area contributed by atoms with E-state index >= 15 is 0 Å². The van der Waals surface area contributed by atoms with Crippen molar-refractivity contribution in [2.75, 3.05) is 20.7 Å². The molecule has 0 aliphatic carbocycles. The van der Waals surface area contributed by atoms with Crippen LogP contribution in [-0.4, -0.2) is 48.3 Å². The first kappa shape index (κ1) is 10.5. The fourth-order valence-electron chi connectivity index (χ4n) is 2.09. The molecule has 2 atom stereocenters. The Labute approximate surface area is 78.5 Å². The normalized spacial score (nSPS) is 34.9. The number of likely N-dealkylation sites (tertiary alicyclic amines) is 1. The molecule has 1 rings (SSSR count). The Morgan fingerprint density at radius 2 is 2.38 bits per heavy atom. The number of β-amino-alcohol motifs (C(OH)–C–C–N with tert-alkyl or cyclic N) is 1. The van der Waals surface area contributed by atoms with Gasteiger partial charge in [-0.2, -0.15) is 0 Å². The van der Waals surface area contributed by atoms with Gasteiger partial charge in [0.25, 0.3) is 0 Å². The van der Waals surface area contributed by atoms with Crippen LogP contribution in [0.1, 0.15) is 19.8 Å². The summed E-state index contributed by atoms with van der Waals surface area (Å²) in [6, 6.07) is 0.